The highest BCUT2D eigenvalue weighted by Crippen LogP contribution is 2.13. The molecule has 0 aliphatic heterocycles. The highest BCUT2D eigenvalue weighted by molar-refractivity contribution is 9.10. The summed E-state index contributed by atoms with van der Waals surface area (Å²) in [7, 11) is 0. The molecule has 1 rings (SSSR count). The number of aromatic nitrogens is 1. The van der Waals surface area contributed by atoms with Crippen molar-refractivity contribution in [3.8, 4) is 0 Å². The second kappa shape index (κ2) is 6.01. The first-order valence-corrected chi connectivity index (χ1v) is 6.09. The second-order valence-corrected chi connectivity index (χ2v) is 4.54. The number of ketones is 1. The van der Waals surface area contributed by atoms with Gasteiger partial charge in [-0.05, 0) is 40.9 Å². The molecule has 0 saturated heterocycles. The predicted octanol–water partition coefficient (Wildman–Crippen LogP) is 3.39. The molecule has 2 nitrogen and oxygen atoms in total. The summed E-state index contributed by atoms with van der Waals surface area (Å²) >= 11 is 3.32. The Morgan fingerprint density at radius 1 is 1.40 bits per heavy atom. The van der Waals surface area contributed by atoms with Crippen LogP contribution in [0.4, 0.5) is 0 Å². The van der Waals surface area contributed by atoms with Crippen molar-refractivity contribution >= 4 is 21.7 Å². The monoisotopic (exact) mass is 269 g/mol. The zero-order valence-corrected chi connectivity index (χ0v) is 10.8. The topological polar surface area (TPSA) is 30.0 Å². The Morgan fingerprint density at radius 3 is 2.53 bits per heavy atom. The maximum atomic E-state index is 11.8. The van der Waals surface area contributed by atoms with Crippen molar-refractivity contribution in [3.63, 3.8) is 0 Å². The van der Waals surface area contributed by atoms with Crippen LogP contribution in [0.15, 0.2) is 22.8 Å². The van der Waals surface area contributed by atoms with Gasteiger partial charge in [0.1, 0.15) is 5.78 Å². The maximum absolute atomic E-state index is 11.8. The molecule has 0 radical (unpaired) electrons. The highest BCUT2D eigenvalue weighted by Gasteiger charge is 2.14. The van der Waals surface area contributed by atoms with Gasteiger partial charge >= 0.3 is 0 Å². The zero-order chi connectivity index (χ0) is 11.3. The molecule has 15 heavy (non-hydrogen) atoms. The number of carbonyl (C=O) groups is 1. The van der Waals surface area contributed by atoms with Crippen molar-refractivity contribution < 1.29 is 4.79 Å². The fourth-order valence-electron chi connectivity index (χ4n) is 1.58. The fraction of sp³-hybridized carbons (Fsp3) is 0.500. The molecule has 82 valence electrons. The molecule has 3 heteroatoms. The zero-order valence-electron chi connectivity index (χ0n) is 9.16. The van der Waals surface area contributed by atoms with Crippen LogP contribution in [0.3, 0.4) is 0 Å². The van der Waals surface area contributed by atoms with E-state index < -0.39 is 0 Å². The van der Waals surface area contributed by atoms with E-state index in [0.717, 1.165) is 23.0 Å². The van der Waals surface area contributed by atoms with E-state index in [2.05, 4.69) is 34.8 Å². The number of hydrogen-bond acceptors (Lipinski definition) is 2. The smallest absolute Gasteiger partial charge is 0.141 e. The minimum atomic E-state index is 0.190. The third-order valence-corrected chi connectivity index (χ3v) is 3.05. The van der Waals surface area contributed by atoms with Crippen LogP contribution in [0, 0.1) is 5.92 Å². The molecule has 0 N–H and O–H groups in total. The average molecular weight is 270 g/mol. The average Bonchev–Trinajstić information content (AvgIpc) is 2.23. The van der Waals surface area contributed by atoms with Crippen molar-refractivity contribution in [1.29, 1.82) is 0 Å². The number of pyridine rings is 1. The molecule has 0 atom stereocenters. The number of nitrogens with zero attached hydrogens (tertiary/aromatic N) is 1. The molecule has 1 aromatic rings. The molecule has 0 aliphatic carbocycles. The van der Waals surface area contributed by atoms with Crippen molar-refractivity contribution in [3.05, 3.63) is 28.5 Å². The van der Waals surface area contributed by atoms with Crippen LogP contribution < -0.4 is 0 Å². The Hall–Kier alpha value is -0.700. The molecule has 1 heterocycles. The predicted molar refractivity (Wildman–Crippen MR) is 64.7 cm³/mol. The Bertz CT molecular complexity index is 317. The molecule has 0 saturated carbocycles. The normalized spacial score (nSPS) is 10.7. The lowest BCUT2D eigenvalue weighted by atomic mass is 9.95. The summed E-state index contributed by atoms with van der Waals surface area (Å²) in [5, 5.41) is 0. The minimum Gasteiger partial charge on any atom is -0.299 e. The molecule has 0 aromatic carbocycles. The van der Waals surface area contributed by atoms with E-state index in [4.69, 9.17) is 0 Å². The SMILES string of the molecule is CCC(CC)C(=O)Cc1ccc(Br)cn1. The third-order valence-electron chi connectivity index (χ3n) is 2.58. The summed E-state index contributed by atoms with van der Waals surface area (Å²) in [5.74, 6) is 0.491. The van der Waals surface area contributed by atoms with E-state index >= 15 is 0 Å². The Kier molecular flexibility index (Phi) is 4.95. The van der Waals surface area contributed by atoms with Crippen LogP contribution in [0.2, 0.25) is 0 Å². The van der Waals surface area contributed by atoms with Gasteiger partial charge in [-0.25, -0.2) is 0 Å². The largest absolute Gasteiger partial charge is 0.299 e. The summed E-state index contributed by atoms with van der Waals surface area (Å²) in [5.41, 5.74) is 0.857. The lowest BCUT2D eigenvalue weighted by molar-refractivity contribution is -0.122. The summed E-state index contributed by atoms with van der Waals surface area (Å²) in [4.78, 5) is 16.0. The summed E-state index contributed by atoms with van der Waals surface area (Å²) in [6.07, 6.45) is 4.03. The van der Waals surface area contributed by atoms with E-state index in [1.165, 1.54) is 0 Å². The van der Waals surface area contributed by atoms with Gasteiger partial charge in [0, 0.05) is 28.7 Å². The first-order valence-electron chi connectivity index (χ1n) is 5.30. The van der Waals surface area contributed by atoms with Crippen LogP contribution in [0.5, 0.6) is 0 Å². The van der Waals surface area contributed by atoms with Gasteiger partial charge in [-0.15, -0.1) is 0 Å². The van der Waals surface area contributed by atoms with E-state index in [1.807, 2.05) is 12.1 Å². The molecule has 0 spiro atoms. The second-order valence-electron chi connectivity index (χ2n) is 3.62. The quantitative estimate of drug-likeness (QED) is 0.820. The molecule has 0 amide bonds. The molecule has 0 bridgehead atoms. The number of halogens is 1. The number of Topliss-reactive ketones (excluding diaryl/α,β-unsaturated/α-hetero) is 1. The van der Waals surface area contributed by atoms with Crippen molar-refractivity contribution in [2.75, 3.05) is 0 Å². The molecule has 0 unspecified atom stereocenters. The van der Waals surface area contributed by atoms with Gasteiger partial charge in [0.15, 0.2) is 0 Å². The Morgan fingerprint density at radius 2 is 2.07 bits per heavy atom. The van der Waals surface area contributed by atoms with Crippen molar-refractivity contribution in [1.82, 2.24) is 4.98 Å². The van der Waals surface area contributed by atoms with Crippen LogP contribution in [-0.4, -0.2) is 10.8 Å². The van der Waals surface area contributed by atoms with Crippen molar-refractivity contribution in [2.24, 2.45) is 5.92 Å². The van der Waals surface area contributed by atoms with E-state index in [9.17, 15) is 4.79 Å². The number of hydrogen-bond donors (Lipinski definition) is 0. The lowest BCUT2D eigenvalue weighted by Crippen LogP contribution is -2.15. The van der Waals surface area contributed by atoms with E-state index in [0.29, 0.717) is 12.2 Å². The fourth-order valence-corrected chi connectivity index (χ4v) is 1.81. The van der Waals surface area contributed by atoms with Crippen molar-refractivity contribution in [2.45, 2.75) is 33.1 Å². The molecule has 0 fully saturated rings. The Balaban J connectivity index is 2.61. The van der Waals surface area contributed by atoms with Gasteiger partial charge in [0.2, 0.25) is 0 Å². The van der Waals surface area contributed by atoms with E-state index in [-0.39, 0.29) is 5.92 Å². The van der Waals surface area contributed by atoms with E-state index in [1.54, 1.807) is 6.20 Å². The van der Waals surface area contributed by atoms with Gasteiger partial charge in [0.05, 0.1) is 0 Å². The first kappa shape index (κ1) is 12.4. The lowest BCUT2D eigenvalue weighted by Gasteiger charge is -2.10. The van der Waals surface area contributed by atoms with Crippen LogP contribution in [0.25, 0.3) is 0 Å². The van der Waals surface area contributed by atoms with Crippen LogP contribution >= 0.6 is 15.9 Å². The van der Waals surface area contributed by atoms with Gasteiger partial charge in [0.25, 0.3) is 0 Å². The van der Waals surface area contributed by atoms with Crippen LogP contribution in [-0.2, 0) is 11.2 Å². The summed E-state index contributed by atoms with van der Waals surface area (Å²) in [6, 6.07) is 3.81. The Labute approximate surface area is 99.2 Å². The molecular formula is C12H16BrNO. The highest BCUT2D eigenvalue weighted by atomic mass is 79.9. The number of rotatable bonds is 5. The third kappa shape index (κ3) is 3.74. The standard InChI is InChI=1S/C12H16BrNO/c1-3-9(4-2)12(15)7-11-6-5-10(13)8-14-11/h5-6,8-9H,3-4,7H2,1-2H3. The minimum absolute atomic E-state index is 0.190. The van der Waals surface area contributed by atoms with Crippen LogP contribution in [0.1, 0.15) is 32.4 Å². The first-order chi connectivity index (χ1) is 7.17. The summed E-state index contributed by atoms with van der Waals surface area (Å²) < 4.78 is 0.946. The van der Waals surface area contributed by atoms with Gasteiger partial charge < -0.3 is 0 Å². The maximum Gasteiger partial charge on any atom is 0.141 e. The molecule has 0 aliphatic rings. The molecular weight excluding hydrogens is 254 g/mol. The molecule has 1 aromatic heterocycles. The van der Waals surface area contributed by atoms with Gasteiger partial charge in [-0.2, -0.15) is 0 Å². The van der Waals surface area contributed by atoms with Gasteiger partial charge in [-0.3, -0.25) is 9.78 Å². The number of carbonyl (C=O) groups excluding carboxylic acids is 1. The van der Waals surface area contributed by atoms with Gasteiger partial charge in [-0.1, -0.05) is 13.8 Å². The summed E-state index contributed by atoms with van der Waals surface area (Å²) in [6.45, 7) is 4.11.